The van der Waals surface area contributed by atoms with E-state index in [1.54, 1.807) is 12.1 Å². The smallest absolute Gasteiger partial charge is 0.245 e. The van der Waals surface area contributed by atoms with E-state index < -0.39 is 18.6 Å². The minimum absolute atomic E-state index is 0.100. The van der Waals surface area contributed by atoms with Crippen molar-refractivity contribution < 1.29 is 19.1 Å². The number of carbonyl (C=O) groups excluding carboxylic acids is 2. The van der Waals surface area contributed by atoms with Crippen LogP contribution in [0.25, 0.3) is 10.8 Å². The minimum Gasteiger partial charge on any atom is -0.394 e. The van der Waals surface area contributed by atoms with Gasteiger partial charge >= 0.3 is 0 Å². The molecule has 0 aliphatic heterocycles. The van der Waals surface area contributed by atoms with Gasteiger partial charge in [-0.05, 0) is 34.0 Å². The highest BCUT2D eigenvalue weighted by Gasteiger charge is 2.20. The van der Waals surface area contributed by atoms with Gasteiger partial charge in [0.2, 0.25) is 11.8 Å². The van der Waals surface area contributed by atoms with E-state index in [1.807, 2.05) is 42.5 Å². The number of amides is 2. The Bertz CT molecular complexity index is 968. The first-order valence-corrected chi connectivity index (χ1v) is 8.96. The Kier molecular flexibility index (Phi) is 6.34. The summed E-state index contributed by atoms with van der Waals surface area (Å²) in [7, 11) is 0. The first-order chi connectivity index (χ1) is 13.6. The first kappa shape index (κ1) is 19.5. The van der Waals surface area contributed by atoms with Crippen molar-refractivity contribution in [3.05, 3.63) is 83.7 Å². The molecule has 3 rings (SSSR count). The van der Waals surface area contributed by atoms with Crippen molar-refractivity contribution in [3.8, 4) is 0 Å². The van der Waals surface area contributed by atoms with E-state index in [2.05, 4.69) is 10.6 Å². The normalized spacial score (nSPS) is 11.8. The van der Waals surface area contributed by atoms with Crippen LogP contribution in [0.15, 0.2) is 66.7 Å². The van der Waals surface area contributed by atoms with Crippen molar-refractivity contribution >= 4 is 22.6 Å². The summed E-state index contributed by atoms with van der Waals surface area (Å²) in [5.74, 6) is -1.21. The summed E-state index contributed by atoms with van der Waals surface area (Å²) in [5, 5.41) is 16.7. The zero-order valence-corrected chi connectivity index (χ0v) is 15.2. The molecule has 0 saturated heterocycles. The summed E-state index contributed by atoms with van der Waals surface area (Å²) in [6.07, 6.45) is 0.100. The molecule has 3 aromatic rings. The number of aliphatic hydroxyl groups excluding tert-OH is 1. The maximum atomic E-state index is 12.9. The monoisotopic (exact) mass is 380 g/mol. The number of halogens is 1. The zero-order valence-electron chi connectivity index (χ0n) is 15.2. The largest absolute Gasteiger partial charge is 0.394 e. The lowest BCUT2D eigenvalue weighted by atomic mass is 10.0. The first-order valence-electron chi connectivity index (χ1n) is 8.96. The van der Waals surface area contributed by atoms with E-state index in [0.29, 0.717) is 5.56 Å². The second kappa shape index (κ2) is 9.10. The van der Waals surface area contributed by atoms with Crippen molar-refractivity contribution in [1.29, 1.82) is 0 Å². The Morgan fingerprint density at radius 3 is 2.43 bits per heavy atom. The molecule has 28 heavy (non-hydrogen) atoms. The van der Waals surface area contributed by atoms with E-state index in [-0.39, 0.29) is 24.7 Å². The summed E-state index contributed by atoms with van der Waals surface area (Å²) in [4.78, 5) is 24.7. The Balaban J connectivity index is 1.59. The molecular weight excluding hydrogens is 359 g/mol. The van der Waals surface area contributed by atoms with Gasteiger partial charge in [-0.2, -0.15) is 0 Å². The number of nitrogens with one attached hydrogen (secondary N) is 2. The van der Waals surface area contributed by atoms with Crippen LogP contribution in [0, 0.1) is 5.82 Å². The summed E-state index contributed by atoms with van der Waals surface area (Å²) in [6, 6.07) is 18.1. The quantitative estimate of drug-likeness (QED) is 0.589. The van der Waals surface area contributed by atoms with Crippen LogP contribution in [0.4, 0.5) is 4.39 Å². The predicted octanol–water partition coefficient (Wildman–Crippen LogP) is 2.31. The second-order valence-corrected chi connectivity index (χ2v) is 6.46. The molecule has 0 bridgehead atoms. The summed E-state index contributed by atoms with van der Waals surface area (Å²) < 4.78 is 12.9. The molecule has 0 aliphatic carbocycles. The van der Waals surface area contributed by atoms with E-state index in [4.69, 9.17) is 0 Å². The van der Waals surface area contributed by atoms with Crippen LogP contribution < -0.4 is 10.6 Å². The standard InChI is InChI=1S/C22H21FN2O3/c23-18-10-8-15(9-11-18)13-24-22(28)20(14-26)25-21(27)12-17-6-3-5-16-4-1-2-7-19(16)17/h1-11,20,26H,12-14H2,(H,24,28)(H,25,27)/t20-/m0/s1. The average Bonchev–Trinajstić information content (AvgIpc) is 2.71. The molecular formula is C22H21FN2O3. The van der Waals surface area contributed by atoms with Gasteiger partial charge in [0.05, 0.1) is 13.0 Å². The summed E-state index contributed by atoms with van der Waals surface area (Å²) >= 11 is 0. The molecule has 0 heterocycles. The van der Waals surface area contributed by atoms with Gasteiger partial charge in [0.25, 0.3) is 0 Å². The Hall–Kier alpha value is -3.25. The van der Waals surface area contributed by atoms with Gasteiger partial charge < -0.3 is 15.7 Å². The molecule has 0 radical (unpaired) electrons. The van der Waals surface area contributed by atoms with Crippen LogP contribution in [-0.4, -0.2) is 29.6 Å². The molecule has 0 aliphatic rings. The predicted molar refractivity (Wildman–Crippen MR) is 105 cm³/mol. The molecule has 2 amide bonds. The van der Waals surface area contributed by atoms with Gasteiger partial charge in [-0.3, -0.25) is 9.59 Å². The molecule has 3 aromatic carbocycles. The van der Waals surface area contributed by atoms with E-state index in [0.717, 1.165) is 16.3 Å². The van der Waals surface area contributed by atoms with Crippen molar-refractivity contribution in [1.82, 2.24) is 10.6 Å². The van der Waals surface area contributed by atoms with Crippen molar-refractivity contribution in [3.63, 3.8) is 0 Å². The van der Waals surface area contributed by atoms with Crippen molar-refractivity contribution in [2.45, 2.75) is 19.0 Å². The lowest BCUT2D eigenvalue weighted by Crippen LogP contribution is -2.49. The molecule has 5 nitrogen and oxygen atoms in total. The lowest BCUT2D eigenvalue weighted by Gasteiger charge is -2.16. The van der Waals surface area contributed by atoms with Crippen LogP contribution in [0.2, 0.25) is 0 Å². The summed E-state index contributed by atoms with van der Waals surface area (Å²) in [5.41, 5.74) is 1.56. The van der Waals surface area contributed by atoms with Gasteiger partial charge in [-0.15, -0.1) is 0 Å². The number of rotatable bonds is 7. The Labute approximate surface area is 162 Å². The molecule has 0 unspecified atom stereocenters. The van der Waals surface area contributed by atoms with E-state index in [9.17, 15) is 19.1 Å². The van der Waals surface area contributed by atoms with Gasteiger partial charge in [-0.25, -0.2) is 4.39 Å². The van der Waals surface area contributed by atoms with Crippen LogP contribution in [-0.2, 0) is 22.6 Å². The van der Waals surface area contributed by atoms with Gasteiger partial charge in [0, 0.05) is 6.54 Å². The third-order valence-electron chi connectivity index (χ3n) is 4.45. The fourth-order valence-electron chi connectivity index (χ4n) is 2.97. The third-order valence-corrected chi connectivity index (χ3v) is 4.45. The fourth-order valence-corrected chi connectivity index (χ4v) is 2.97. The average molecular weight is 380 g/mol. The summed E-state index contributed by atoms with van der Waals surface area (Å²) in [6.45, 7) is -0.342. The van der Waals surface area contributed by atoms with E-state index in [1.165, 1.54) is 12.1 Å². The van der Waals surface area contributed by atoms with Crippen molar-refractivity contribution in [2.75, 3.05) is 6.61 Å². The fraction of sp³-hybridized carbons (Fsp3) is 0.182. The third kappa shape index (κ3) is 4.92. The highest BCUT2D eigenvalue weighted by Crippen LogP contribution is 2.18. The zero-order chi connectivity index (χ0) is 19.9. The molecule has 0 saturated carbocycles. The number of benzene rings is 3. The number of aliphatic hydroxyl groups is 1. The SMILES string of the molecule is O=C(Cc1cccc2ccccc12)N[C@@H](CO)C(=O)NCc1ccc(F)cc1. The highest BCUT2D eigenvalue weighted by molar-refractivity contribution is 5.92. The van der Waals surface area contributed by atoms with Gasteiger partial charge in [0.1, 0.15) is 11.9 Å². The van der Waals surface area contributed by atoms with Gasteiger partial charge in [0.15, 0.2) is 0 Å². The van der Waals surface area contributed by atoms with Crippen LogP contribution in [0.3, 0.4) is 0 Å². The number of carbonyl (C=O) groups is 2. The highest BCUT2D eigenvalue weighted by atomic mass is 19.1. The minimum atomic E-state index is -1.05. The number of hydrogen-bond donors (Lipinski definition) is 3. The van der Waals surface area contributed by atoms with Gasteiger partial charge in [-0.1, -0.05) is 54.6 Å². The molecule has 6 heteroatoms. The Morgan fingerprint density at radius 2 is 1.68 bits per heavy atom. The number of hydrogen-bond acceptors (Lipinski definition) is 3. The van der Waals surface area contributed by atoms with Crippen molar-refractivity contribution in [2.24, 2.45) is 0 Å². The van der Waals surface area contributed by atoms with Crippen LogP contribution >= 0.6 is 0 Å². The molecule has 144 valence electrons. The van der Waals surface area contributed by atoms with E-state index >= 15 is 0 Å². The molecule has 0 fully saturated rings. The topological polar surface area (TPSA) is 78.4 Å². The molecule has 1 atom stereocenters. The van der Waals surface area contributed by atoms with Crippen LogP contribution in [0.1, 0.15) is 11.1 Å². The maximum Gasteiger partial charge on any atom is 0.245 e. The molecule has 0 spiro atoms. The Morgan fingerprint density at radius 1 is 0.964 bits per heavy atom. The maximum absolute atomic E-state index is 12.9. The molecule has 3 N–H and O–H groups in total. The molecule has 0 aromatic heterocycles. The lowest BCUT2D eigenvalue weighted by molar-refractivity contribution is -0.129. The number of fused-ring (bicyclic) bond motifs is 1. The second-order valence-electron chi connectivity index (χ2n) is 6.46. The van der Waals surface area contributed by atoms with Crippen LogP contribution in [0.5, 0.6) is 0 Å².